The van der Waals surface area contributed by atoms with E-state index in [4.69, 9.17) is 16.7 Å². The van der Waals surface area contributed by atoms with Gasteiger partial charge in [0.1, 0.15) is 5.15 Å². The molecule has 0 fully saturated rings. The number of pyridine rings is 1. The van der Waals surface area contributed by atoms with Crippen molar-refractivity contribution in [2.24, 2.45) is 0 Å². The monoisotopic (exact) mass is 278 g/mol. The van der Waals surface area contributed by atoms with Gasteiger partial charge in [-0.25, -0.2) is 13.4 Å². The molecule has 8 heteroatoms. The second-order valence-electron chi connectivity index (χ2n) is 3.46. The molecule has 1 aromatic heterocycles. The van der Waals surface area contributed by atoms with Crippen molar-refractivity contribution in [3.05, 3.63) is 23.0 Å². The highest BCUT2D eigenvalue weighted by atomic mass is 35.5. The van der Waals surface area contributed by atoms with Gasteiger partial charge in [0.15, 0.2) is 5.25 Å². The Bertz CT molecular complexity index is 544. The molecule has 17 heavy (non-hydrogen) atoms. The van der Waals surface area contributed by atoms with Gasteiger partial charge in [-0.2, -0.15) is 0 Å². The molecule has 0 aliphatic rings. The molecule has 0 radical (unpaired) electrons. The largest absolute Gasteiger partial charge is 0.480 e. The fourth-order valence-electron chi connectivity index (χ4n) is 0.999. The molecule has 1 heterocycles. The number of nitrogens with zero attached hydrogens (tertiary/aromatic N) is 1. The molecular formula is C9H11ClN2O4S. The van der Waals surface area contributed by atoms with Crippen LogP contribution >= 0.6 is 11.6 Å². The molecule has 2 N–H and O–H groups in total. The van der Waals surface area contributed by atoms with Crippen LogP contribution in [0.4, 0.5) is 5.69 Å². The Kier molecular flexibility index (Phi) is 3.94. The third-order valence-electron chi connectivity index (χ3n) is 2.09. The third kappa shape index (κ3) is 3.31. The molecule has 0 aliphatic carbocycles. The maximum Gasteiger partial charge on any atom is 0.323 e. The van der Waals surface area contributed by atoms with Gasteiger partial charge in [-0.05, 0) is 25.5 Å². The van der Waals surface area contributed by atoms with Gasteiger partial charge in [0, 0.05) is 0 Å². The zero-order valence-corrected chi connectivity index (χ0v) is 10.7. The van der Waals surface area contributed by atoms with E-state index in [-0.39, 0.29) is 10.8 Å². The number of hydrogen-bond acceptors (Lipinski definition) is 4. The zero-order chi connectivity index (χ0) is 13.2. The predicted molar refractivity (Wildman–Crippen MR) is 63.6 cm³/mol. The second kappa shape index (κ2) is 4.89. The standard InChI is InChI=1S/C9H11ClN2O4S/c1-5-3-7(4-11-8(5)10)12-17(15,16)6(2)9(13)14/h3-4,6,12H,1-2H3,(H,13,14). The topological polar surface area (TPSA) is 96.4 Å². The molecule has 1 unspecified atom stereocenters. The molecule has 0 aromatic carbocycles. The van der Waals surface area contributed by atoms with Crippen LogP contribution in [-0.4, -0.2) is 29.7 Å². The fourth-order valence-corrected chi connectivity index (χ4v) is 1.99. The Labute approximate surface area is 104 Å². The van der Waals surface area contributed by atoms with Crippen LogP contribution in [0, 0.1) is 6.92 Å². The molecule has 0 saturated heterocycles. The number of aryl methyl sites for hydroxylation is 1. The normalized spacial score (nSPS) is 13.1. The second-order valence-corrected chi connectivity index (χ2v) is 5.82. The summed E-state index contributed by atoms with van der Waals surface area (Å²) in [6.45, 7) is 2.74. The average Bonchev–Trinajstić information content (AvgIpc) is 2.22. The van der Waals surface area contributed by atoms with Gasteiger partial charge in [0.25, 0.3) is 0 Å². The molecule has 1 rings (SSSR count). The number of aliphatic carboxylic acids is 1. The number of nitrogens with one attached hydrogen (secondary N) is 1. The molecule has 6 nitrogen and oxygen atoms in total. The van der Waals surface area contributed by atoms with Crippen LogP contribution in [0.5, 0.6) is 0 Å². The van der Waals surface area contributed by atoms with Crippen LogP contribution in [0.3, 0.4) is 0 Å². The molecule has 0 saturated carbocycles. The number of carbonyl (C=O) groups is 1. The summed E-state index contributed by atoms with van der Waals surface area (Å²) in [4.78, 5) is 14.4. The Morgan fingerprint density at radius 1 is 1.59 bits per heavy atom. The summed E-state index contributed by atoms with van der Waals surface area (Å²) in [7, 11) is -3.97. The first-order valence-electron chi connectivity index (χ1n) is 4.60. The van der Waals surface area contributed by atoms with Crippen LogP contribution in [0.1, 0.15) is 12.5 Å². The van der Waals surface area contributed by atoms with Gasteiger partial charge in [0.2, 0.25) is 10.0 Å². The number of carboxylic acids is 1. The summed E-state index contributed by atoms with van der Waals surface area (Å²) >= 11 is 5.68. The quantitative estimate of drug-likeness (QED) is 0.808. The van der Waals surface area contributed by atoms with Crippen LogP contribution in [0.25, 0.3) is 0 Å². The first-order valence-corrected chi connectivity index (χ1v) is 6.53. The van der Waals surface area contributed by atoms with Gasteiger partial charge >= 0.3 is 5.97 Å². The lowest BCUT2D eigenvalue weighted by atomic mass is 10.3. The summed E-state index contributed by atoms with van der Waals surface area (Å²) in [6, 6.07) is 1.47. The highest BCUT2D eigenvalue weighted by molar-refractivity contribution is 7.94. The minimum Gasteiger partial charge on any atom is -0.480 e. The molecule has 0 amide bonds. The van der Waals surface area contributed by atoms with E-state index in [1.165, 1.54) is 12.3 Å². The van der Waals surface area contributed by atoms with Crippen molar-refractivity contribution in [3.8, 4) is 0 Å². The van der Waals surface area contributed by atoms with Crippen molar-refractivity contribution >= 4 is 33.3 Å². The predicted octanol–water partition coefficient (Wildman–Crippen LogP) is 1.26. The van der Waals surface area contributed by atoms with Gasteiger partial charge < -0.3 is 5.11 Å². The number of hydrogen-bond donors (Lipinski definition) is 2. The van der Waals surface area contributed by atoms with E-state index in [9.17, 15) is 13.2 Å². The lowest BCUT2D eigenvalue weighted by Crippen LogP contribution is -2.32. The molecule has 1 aromatic rings. The zero-order valence-electron chi connectivity index (χ0n) is 9.14. The maximum atomic E-state index is 11.6. The number of rotatable bonds is 4. The van der Waals surface area contributed by atoms with Crippen LogP contribution < -0.4 is 4.72 Å². The Morgan fingerprint density at radius 3 is 2.65 bits per heavy atom. The first-order chi connectivity index (χ1) is 7.74. The van der Waals surface area contributed by atoms with E-state index in [1.807, 2.05) is 0 Å². The summed E-state index contributed by atoms with van der Waals surface area (Å²) in [5, 5.41) is 7.36. The van der Waals surface area contributed by atoms with E-state index >= 15 is 0 Å². The van der Waals surface area contributed by atoms with Gasteiger partial charge in [-0.1, -0.05) is 11.6 Å². The van der Waals surface area contributed by atoms with E-state index in [0.717, 1.165) is 6.92 Å². The van der Waals surface area contributed by atoms with Crippen molar-refractivity contribution in [2.75, 3.05) is 4.72 Å². The van der Waals surface area contributed by atoms with Crippen molar-refractivity contribution in [1.82, 2.24) is 4.98 Å². The third-order valence-corrected chi connectivity index (χ3v) is 4.14. The minimum absolute atomic E-state index is 0.181. The van der Waals surface area contributed by atoms with Gasteiger partial charge in [0.05, 0.1) is 11.9 Å². The lowest BCUT2D eigenvalue weighted by molar-refractivity contribution is -0.136. The average molecular weight is 279 g/mol. The van der Waals surface area contributed by atoms with Gasteiger partial charge in [-0.15, -0.1) is 0 Å². The molecule has 94 valence electrons. The SMILES string of the molecule is Cc1cc(NS(=O)(=O)C(C)C(=O)O)cnc1Cl. The van der Waals surface area contributed by atoms with Gasteiger partial charge in [-0.3, -0.25) is 9.52 Å². The Morgan fingerprint density at radius 2 is 2.18 bits per heavy atom. The van der Waals surface area contributed by atoms with E-state index in [2.05, 4.69) is 9.71 Å². The summed E-state index contributed by atoms with van der Waals surface area (Å²) < 4.78 is 25.3. The van der Waals surface area contributed by atoms with Crippen molar-refractivity contribution in [2.45, 2.75) is 19.1 Å². The summed E-state index contributed by atoms with van der Waals surface area (Å²) in [5.74, 6) is -1.42. The van der Waals surface area contributed by atoms with E-state index in [0.29, 0.717) is 5.56 Å². The number of anilines is 1. The van der Waals surface area contributed by atoms with Crippen LogP contribution in [0.15, 0.2) is 12.3 Å². The fraction of sp³-hybridized carbons (Fsp3) is 0.333. The molecule has 0 bridgehead atoms. The number of aromatic nitrogens is 1. The highest BCUT2D eigenvalue weighted by Gasteiger charge is 2.27. The van der Waals surface area contributed by atoms with Crippen LogP contribution in [0.2, 0.25) is 5.15 Å². The Balaban J connectivity index is 2.98. The number of halogens is 1. The molecule has 1 atom stereocenters. The van der Waals surface area contributed by atoms with E-state index in [1.54, 1.807) is 6.92 Å². The summed E-state index contributed by atoms with van der Waals surface area (Å²) in [5.41, 5.74) is 0.773. The van der Waals surface area contributed by atoms with E-state index < -0.39 is 21.2 Å². The highest BCUT2D eigenvalue weighted by Crippen LogP contribution is 2.18. The number of sulfonamides is 1. The van der Waals surface area contributed by atoms with Crippen LogP contribution in [-0.2, 0) is 14.8 Å². The van der Waals surface area contributed by atoms with Crippen molar-refractivity contribution in [1.29, 1.82) is 0 Å². The smallest absolute Gasteiger partial charge is 0.323 e. The van der Waals surface area contributed by atoms with Crippen molar-refractivity contribution in [3.63, 3.8) is 0 Å². The first kappa shape index (κ1) is 13.7. The maximum absolute atomic E-state index is 11.6. The molecule has 0 spiro atoms. The lowest BCUT2D eigenvalue weighted by Gasteiger charge is -2.11. The minimum atomic E-state index is -3.97. The summed E-state index contributed by atoms with van der Waals surface area (Å²) in [6.07, 6.45) is 1.22. The molecule has 0 aliphatic heterocycles. The Hall–Kier alpha value is -1.34. The molecular weight excluding hydrogens is 268 g/mol. The number of carboxylic acid groups (broad SMARTS) is 1. The van der Waals surface area contributed by atoms with Crippen molar-refractivity contribution < 1.29 is 18.3 Å².